The highest BCUT2D eigenvalue weighted by atomic mass is 35.5. The number of nitrogens with zero attached hydrogens (tertiary/aromatic N) is 1. The Morgan fingerprint density at radius 1 is 1.14 bits per heavy atom. The van der Waals surface area contributed by atoms with E-state index in [9.17, 15) is 13.2 Å². The second-order valence-corrected chi connectivity index (χ2v) is 4.98. The van der Waals surface area contributed by atoms with Crippen molar-refractivity contribution in [3.63, 3.8) is 0 Å². The Morgan fingerprint density at radius 3 is 2.57 bits per heavy atom. The van der Waals surface area contributed by atoms with Crippen molar-refractivity contribution in [3.05, 3.63) is 64.2 Å². The number of halogens is 4. The third kappa shape index (κ3) is 3.54. The van der Waals surface area contributed by atoms with Crippen LogP contribution in [0.1, 0.15) is 30.5 Å². The minimum atomic E-state index is -0.806. The summed E-state index contributed by atoms with van der Waals surface area (Å²) in [6, 6.07) is 2.52. The van der Waals surface area contributed by atoms with Crippen molar-refractivity contribution in [2.45, 2.75) is 19.4 Å². The number of hydrogen-bond donors (Lipinski definition) is 1. The topological polar surface area (TPSA) is 24.9 Å². The number of benzene rings is 1. The van der Waals surface area contributed by atoms with Gasteiger partial charge in [0.05, 0.1) is 17.3 Å². The summed E-state index contributed by atoms with van der Waals surface area (Å²) in [5.41, 5.74) is 0.217. The second kappa shape index (κ2) is 6.91. The van der Waals surface area contributed by atoms with Crippen LogP contribution >= 0.6 is 11.6 Å². The molecule has 0 aliphatic carbocycles. The smallest absolute Gasteiger partial charge is 0.146 e. The highest BCUT2D eigenvalue weighted by molar-refractivity contribution is 6.30. The van der Waals surface area contributed by atoms with Gasteiger partial charge in [0, 0.05) is 17.3 Å². The zero-order chi connectivity index (χ0) is 15.4. The van der Waals surface area contributed by atoms with Crippen LogP contribution in [0.25, 0.3) is 0 Å². The maximum absolute atomic E-state index is 14.1. The summed E-state index contributed by atoms with van der Waals surface area (Å²) in [4.78, 5) is 3.66. The third-order valence-corrected chi connectivity index (χ3v) is 3.35. The van der Waals surface area contributed by atoms with E-state index in [1.54, 1.807) is 0 Å². The molecule has 2 rings (SSSR count). The summed E-state index contributed by atoms with van der Waals surface area (Å²) in [7, 11) is 0. The molecular weight excluding hydrogens is 301 g/mol. The molecule has 1 heterocycles. The predicted molar refractivity (Wildman–Crippen MR) is 75.7 cm³/mol. The van der Waals surface area contributed by atoms with E-state index in [2.05, 4.69) is 10.3 Å². The van der Waals surface area contributed by atoms with Gasteiger partial charge in [-0.2, -0.15) is 0 Å². The van der Waals surface area contributed by atoms with E-state index in [1.165, 1.54) is 12.3 Å². The van der Waals surface area contributed by atoms with E-state index in [0.29, 0.717) is 6.54 Å². The maximum Gasteiger partial charge on any atom is 0.146 e. The second-order valence-electron chi connectivity index (χ2n) is 4.57. The van der Waals surface area contributed by atoms with E-state index < -0.39 is 23.5 Å². The Bertz CT molecular complexity index is 634. The minimum Gasteiger partial charge on any atom is -0.306 e. The highest BCUT2D eigenvalue weighted by Gasteiger charge is 2.22. The molecule has 6 heteroatoms. The fourth-order valence-corrected chi connectivity index (χ4v) is 2.21. The molecule has 2 nitrogen and oxygen atoms in total. The van der Waals surface area contributed by atoms with Crippen LogP contribution in [0, 0.1) is 17.5 Å². The van der Waals surface area contributed by atoms with Crippen LogP contribution < -0.4 is 5.32 Å². The highest BCUT2D eigenvalue weighted by Crippen LogP contribution is 2.29. The first-order valence-corrected chi connectivity index (χ1v) is 6.89. The standard InChI is InChI=1S/C15H14ClF3N2/c1-2-4-21-15(9-3-5-20-8-14(9)19)10-6-13(18)11(16)7-12(10)17/h3,5-8,15,21H,2,4H2,1H3. The van der Waals surface area contributed by atoms with Gasteiger partial charge in [-0.1, -0.05) is 18.5 Å². The van der Waals surface area contributed by atoms with E-state index in [4.69, 9.17) is 11.6 Å². The lowest BCUT2D eigenvalue weighted by Gasteiger charge is -2.20. The van der Waals surface area contributed by atoms with Gasteiger partial charge in [0.1, 0.15) is 17.5 Å². The fraction of sp³-hybridized carbons (Fsp3) is 0.267. The van der Waals surface area contributed by atoms with Crippen LogP contribution in [0.3, 0.4) is 0 Å². The molecule has 1 N–H and O–H groups in total. The van der Waals surface area contributed by atoms with Crippen molar-refractivity contribution in [1.29, 1.82) is 0 Å². The zero-order valence-corrected chi connectivity index (χ0v) is 12.1. The average molecular weight is 315 g/mol. The van der Waals surface area contributed by atoms with Gasteiger partial charge in [0.15, 0.2) is 0 Å². The van der Waals surface area contributed by atoms with Gasteiger partial charge in [0.2, 0.25) is 0 Å². The number of aromatic nitrogens is 1. The average Bonchev–Trinajstić information content (AvgIpc) is 2.46. The van der Waals surface area contributed by atoms with E-state index >= 15 is 0 Å². The monoisotopic (exact) mass is 314 g/mol. The van der Waals surface area contributed by atoms with Gasteiger partial charge in [-0.15, -0.1) is 0 Å². The lowest BCUT2D eigenvalue weighted by Crippen LogP contribution is -2.25. The van der Waals surface area contributed by atoms with Crippen LogP contribution in [-0.4, -0.2) is 11.5 Å². The summed E-state index contributed by atoms with van der Waals surface area (Å²) in [5, 5.41) is 2.71. The molecule has 1 aromatic carbocycles. The molecule has 1 atom stereocenters. The molecule has 1 aromatic heterocycles. The first kappa shape index (κ1) is 15.8. The molecule has 0 saturated heterocycles. The molecule has 0 radical (unpaired) electrons. The molecule has 0 spiro atoms. The Morgan fingerprint density at radius 2 is 1.90 bits per heavy atom. The molecule has 0 aliphatic rings. The number of pyridine rings is 1. The first-order chi connectivity index (χ1) is 10.0. The lowest BCUT2D eigenvalue weighted by molar-refractivity contribution is 0.512. The van der Waals surface area contributed by atoms with E-state index in [-0.39, 0.29) is 16.1 Å². The van der Waals surface area contributed by atoms with E-state index in [1.807, 2.05) is 6.92 Å². The molecule has 0 aliphatic heterocycles. The summed E-state index contributed by atoms with van der Waals surface area (Å²) >= 11 is 5.55. The van der Waals surface area contributed by atoms with Crippen LogP contribution in [0.4, 0.5) is 13.2 Å². The van der Waals surface area contributed by atoms with Crippen molar-refractivity contribution in [2.75, 3.05) is 6.54 Å². The summed E-state index contributed by atoms with van der Waals surface area (Å²) in [6.45, 7) is 2.45. The lowest BCUT2D eigenvalue weighted by atomic mass is 9.98. The van der Waals surface area contributed by atoms with Crippen LogP contribution in [0.2, 0.25) is 5.02 Å². The van der Waals surface area contributed by atoms with Crippen molar-refractivity contribution < 1.29 is 13.2 Å². The van der Waals surface area contributed by atoms with Crippen LogP contribution in [0.5, 0.6) is 0 Å². The number of rotatable bonds is 5. The minimum absolute atomic E-state index is 0.00968. The van der Waals surface area contributed by atoms with Gasteiger partial charge in [-0.05, 0) is 31.2 Å². The molecular formula is C15H14ClF3N2. The van der Waals surface area contributed by atoms with E-state index in [0.717, 1.165) is 24.8 Å². The number of hydrogen-bond acceptors (Lipinski definition) is 2. The van der Waals surface area contributed by atoms with Crippen molar-refractivity contribution in [2.24, 2.45) is 0 Å². The fourth-order valence-electron chi connectivity index (χ4n) is 2.06. The quantitative estimate of drug-likeness (QED) is 0.835. The normalized spacial score (nSPS) is 12.4. The predicted octanol–water partition coefficient (Wildman–Crippen LogP) is 4.24. The maximum atomic E-state index is 14.1. The molecule has 0 fully saturated rings. The van der Waals surface area contributed by atoms with Crippen LogP contribution in [-0.2, 0) is 0 Å². The van der Waals surface area contributed by atoms with Gasteiger partial charge >= 0.3 is 0 Å². The summed E-state index contributed by atoms with van der Waals surface area (Å²) in [6.07, 6.45) is 3.21. The molecule has 0 saturated carbocycles. The van der Waals surface area contributed by atoms with Gasteiger partial charge in [0.25, 0.3) is 0 Å². The SMILES string of the molecule is CCCNC(c1ccncc1F)c1cc(F)c(Cl)cc1F. The van der Waals surface area contributed by atoms with Gasteiger partial charge in [-0.25, -0.2) is 13.2 Å². The van der Waals surface area contributed by atoms with Crippen molar-refractivity contribution in [3.8, 4) is 0 Å². The van der Waals surface area contributed by atoms with Gasteiger partial charge in [-0.3, -0.25) is 4.98 Å². The molecule has 0 bridgehead atoms. The summed E-state index contributed by atoms with van der Waals surface area (Å²) < 4.78 is 41.6. The molecule has 112 valence electrons. The molecule has 0 amide bonds. The van der Waals surface area contributed by atoms with Crippen LogP contribution in [0.15, 0.2) is 30.6 Å². The Balaban J connectivity index is 2.51. The largest absolute Gasteiger partial charge is 0.306 e. The van der Waals surface area contributed by atoms with Gasteiger partial charge < -0.3 is 5.32 Å². The van der Waals surface area contributed by atoms with Crippen molar-refractivity contribution in [1.82, 2.24) is 10.3 Å². The van der Waals surface area contributed by atoms with Crippen molar-refractivity contribution >= 4 is 11.6 Å². The zero-order valence-electron chi connectivity index (χ0n) is 11.3. The Kier molecular flexibility index (Phi) is 5.20. The Hall–Kier alpha value is -1.59. The molecule has 21 heavy (non-hydrogen) atoms. The summed E-state index contributed by atoms with van der Waals surface area (Å²) in [5.74, 6) is -2.02. The third-order valence-electron chi connectivity index (χ3n) is 3.06. The molecule has 2 aromatic rings. The molecule has 1 unspecified atom stereocenters. The first-order valence-electron chi connectivity index (χ1n) is 6.51. The number of nitrogens with one attached hydrogen (secondary N) is 1. The Labute approximate surface area is 126 Å².